The van der Waals surface area contributed by atoms with E-state index in [1.54, 1.807) is 0 Å². The Morgan fingerprint density at radius 3 is 0.920 bits per heavy atom. The van der Waals surface area contributed by atoms with Crippen LogP contribution in [0.1, 0.15) is 0 Å². The molecule has 0 amide bonds. The van der Waals surface area contributed by atoms with Crippen molar-refractivity contribution in [2.45, 2.75) is 0 Å². The summed E-state index contributed by atoms with van der Waals surface area (Å²) < 4.78 is 4.91. The minimum atomic E-state index is 0.665. The van der Waals surface area contributed by atoms with Crippen LogP contribution in [0.15, 0.2) is 261 Å². The third kappa shape index (κ3) is 6.38. The Balaban J connectivity index is 0.893. The molecule has 0 aliphatic rings. The zero-order valence-electron chi connectivity index (χ0n) is 40.6. The number of hydrogen-bond acceptors (Lipinski definition) is 3. The molecule has 5 aromatic heterocycles. The Hall–Kier alpha value is -10.1. The number of rotatable bonds is 8. The van der Waals surface area contributed by atoms with E-state index < -0.39 is 0 Å². The molecule has 0 aliphatic carbocycles. The van der Waals surface area contributed by atoms with Crippen LogP contribution in [0.4, 0.5) is 17.1 Å². The number of para-hydroxylation sites is 4. The fraction of sp³-hybridized carbons (Fsp3) is 0. The minimum absolute atomic E-state index is 0.665. The smallest absolute Gasteiger partial charge is 0.160 e. The summed E-state index contributed by atoms with van der Waals surface area (Å²) in [7, 11) is 0. The van der Waals surface area contributed by atoms with Gasteiger partial charge < -0.3 is 13.7 Å². The molecule has 0 unspecified atom stereocenters. The average molecular weight is 954 g/mol. The predicted octanol–water partition coefficient (Wildman–Crippen LogP) is 18.6. The van der Waals surface area contributed by atoms with Crippen LogP contribution in [0.2, 0.25) is 0 Å². The minimum Gasteiger partial charge on any atom is -0.310 e. The molecule has 75 heavy (non-hydrogen) atoms. The van der Waals surface area contributed by atoms with Gasteiger partial charge in [0.25, 0.3) is 0 Å². The average Bonchev–Trinajstić information content (AvgIpc) is 4.22. The van der Waals surface area contributed by atoms with E-state index in [1.165, 1.54) is 87.3 Å². The Labute approximate surface area is 431 Å². The molecule has 5 nitrogen and oxygen atoms in total. The van der Waals surface area contributed by atoms with Gasteiger partial charge in [0.2, 0.25) is 0 Å². The molecule has 0 saturated heterocycles. The topological polar surface area (TPSA) is 37.8 Å². The fourth-order valence-electron chi connectivity index (χ4n) is 12.1. The van der Waals surface area contributed by atoms with Gasteiger partial charge in [-0.2, -0.15) is 0 Å². The number of anilines is 3. The Morgan fingerprint density at radius 1 is 0.240 bits per heavy atom. The molecule has 0 bridgehead atoms. The molecule has 0 fully saturated rings. The molecule has 0 N–H and O–H groups in total. The van der Waals surface area contributed by atoms with Crippen LogP contribution in [-0.4, -0.2) is 18.8 Å². The van der Waals surface area contributed by atoms with Gasteiger partial charge in [0.1, 0.15) is 0 Å². The zero-order valence-corrected chi connectivity index (χ0v) is 40.6. The molecule has 0 radical (unpaired) electrons. The van der Waals surface area contributed by atoms with Crippen molar-refractivity contribution in [3.05, 3.63) is 261 Å². The van der Waals surface area contributed by atoms with Gasteiger partial charge in [0.05, 0.1) is 44.5 Å². The molecular weight excluding hydrogens is 911 g/mol. The van der Waals surface area contributed by atoms with E-state index >= 15 is 0 Å². The lowest BCUT2D eigenvalue weighted by Gasteiger charge is -2.26. The van der Waals surface area contributed by atoms with Crippen molar-refractivity contribution in [3.8, 4) is 56.2 Å². The van der Waals surface area contributed by atoms with Crippen molar-refractivity contribution in [1.29, 1.82) is 0 Å². The highest BCUT2D eigenvalue weighted by Gasteiger charge is 2.25. The first-order valence-electron chi connectivity index (χ1n) is 25.6. The van der Waals surface area contributed by atoms with Gasteiger partial charge in [-0.3, -0.25) is 0 Å². The normalized spacial score (nSPS) is 12.0. The SMILES string of the molecule is c1ccc(-c2ccc(-c3cc(-c4ccc(-c5ccccc5)cc4)nc(-c4ccc(N(c5cc6c7ccccc7n7c8ccccc8c(c5)c67)c5cc6c7ccccc7n7c8ccccc8c(c5)c67)cc4)n3)cc2)cc1. The van der Waals surface area contributed by atoms with Crippen molar-refractivity contribution in [3.63, 3.8) is 0 Å². The van der Waals surface area contributed by atoms with E-state index in [4.69, 9.17) is 9.97 Å². The molecule has 0 atom stereocenters. The van der Waals surface area contributed by atoms with Gasteiger partial charge >= 0.3 is 0 Å². The van der Waals surface area contributed by atoms with E-state index in [2.05, 4.69) is 275 Å². The van der Waals surface area contributed by atoms with Gasteiger partial charge in [-0.25, -0.2) is 9.97 Å². The summed E-state index contributed by atoms with van der Waals surface area (Å²) in [6.45, 7) is 0. The van der Waals surface area contributed by atoms with Crippen molar-refractivity contribution in [1.82, 2.24) is 18.8 Å². The lowest BCUT2D eigenvalue weighted by Crippen LogP contribution is -2.10. The fourth-order valence-corrected chi connectivity index (χ4v) is 12.1. The second-order valence-corrected chi connectivity index (χ2v) is 19.7. The Kier molecular flexibility index (Phi) is 8.97. The summed E-state index contributed by atoms with van der Waals surface area (Å²) in [5.41, 5.74) is 20.0. The third-order valence-corrected chi connectivity index (χ3v) is 15.6. The van der Waals surface area contributed by atoms with Crippen LogP contribution in [0.25, 0.3) is 132 Å². The molecule has 0 spiro atoms. The summed E-state index contributed by atoms with van der Waals surface area (Å²) in [6, 6.07) is 94.4. The highest BCUT2D eigenvalue weighted by atomic mass is 15.1. The first kappa shape index (κ1) is 41.5. The van der Waals surface area contributed by atoms with Crippen LogP contribution in [-0.2, 0) is 0 Å². The first-order chi connectivity index (χ1) is 37.2. The van der Waals surface area contributed by atoms with Gasteiger partial charge in [0.15, 0.2) is 5.82 Å². The quantitative estimate of drug-likeness (QED) is 0.152. The van der Waals surface area contributed by atoms with Crippen LogP contribution in [0.5, 0.6) is 0 Å². The second-order valence-electron chi connectivity index (χ2n) is 19.7. The van der Waals surface area contributed by atoms with Crippen molar-refractivity contribution in [2.24, 2.45) is 0 Å². The molecular formula is C70H43N5. The maximum atomic E-state index is 5.34. The Morgan fingerprint density at radius 2 is 0.547 bits per heavy atom. The molecule has 0 saturated carbocycles. The van der Waals surface area contributed by atoms with E-state index in [9.17, 15) is 0 Å². The van der Waals surface area contributed by atoms with E-state index in [0.29, 0.717) is 5.82 Å². The molecule has 11 aromatic carbocycles. The van der Waals surface area contributed by atoms with Gasteiger partial charge in [-0.15, -0.1) is 0 Å². The van der Waals surface area contributed by atoms with E-state index in [0.717, 1.165) is 56.3 Å². The van der Waals surface area contributed by atoms with Crippen molar-refractivity contribution < 1.29 is 0 Å². The summed E-state index contributed by atoms with van der Waals surface area (Å²) in [5.74, 6) is 0.665. The monoisotopic (exact) mass is 953 g/mol. The van der Waals surface area contributed by atoms with Crippen molar-refractivity contribution in [2.75, 3.05) is 4.90 Å². The number of aromatic nitrogens is 4. The number of hydrogen-bond donors (Lipinski definition) is 0. The highest BCUT2D eigenvalue weighted by Crippen LogP contribution is 2.48. The molecule has 5 heteroatoms. The molecule has 0 aliphatic heterocycles. The van der Waals surface area contributed by atoms with E-state index in [1.807, 2.05) is 0 Å². The summed E-state index contributed by atoms with van der Waals surface area (Å²) in [6.07, 6.45) is 0. The predicted molar refractivity (Wildman–Crippen MR) is 313 cm³/mol. The number of benzene rings is 11. The Bertz CT molecular complexity index is 4390. The molecule has 16 aromatic rings. The summed E-state index contributed by atoms with van der Waals surface area (Å²) in [4.78, 5) is 13.1. The third-order valence-electron chi connectivity index (χ3n) is 15.6. The molecule has 5 heterocycles. The maximum absolute atomic E-state index is 5.34. The highest BCUT2D eigenvalue weighted by molar-refractivity contribution is 6.26. The lowest BCUT2D eigenvalue weighted by molar-refractivity contribution is 1.18. The van der Waals surface area contributed by atoms with Gasteiger partial charge in [0, 0.05) is 76.8 Å². The zero-order chi connectivity index (χ0) is 49.1. The number of nitrogens with zero attached hydrogens (tertiary/aromatic N) is 5. The van der Waals surface area contributed by atoms with Gasteiger partial charge in [-0.1, -0.05) is 182 Å². The largest absolute Gasteiger partial charge is 0.310 e. The second kappa shape index (κ2) is 16.2. The standard InChI is InChI=1S/C70H43N5/c1-3-15-44(16-4-1)46-27-31-48(32-28-46)62-43-63(49-33-29-47(30-34-49)45-17-5-2-6-18-45)72-70(71-62)50-35-37-51(38-36-50)73(52-39-58-54-19-7-11-23-64(54)74-65-24-12-8-20-55(65)59(40-52)68(58)74)53-41-60-56-21-9-13-25-66(56)75-67-26-14-10-22-57(67)61(42-53)69(60)75/h1-43H. The van der Waals surface area contributed by atoms with Gasteiger partial charge in [-0.05, 0) is 101 Å². The number of fused-ring (bicyclic) bond motifs is 12. The molecule has 16 rings (SSSR count). The van der Waals surface area contributed by atoms with Crippen molar-refractivity contribution >= 4 is 93.3 Å². The molecule has 348 valence electrons. The van der Waals surface area contributed by atoms with Crippen LogP contribution < -0.4 is 4.90 Å². The van der Waals surface area contributed by atoms with Crippen LogP contribution in [0.3, 0.4) is 0 Å². The van der Waals surface area contributed by atoms with E-state index in [-0.39, 0.29) is 0 Å². The summed E-state index contributed by atoms with van der Waals surface area (Å²) >= 11 is 0. The summed E-state index contributed by atoms with van der Waals surface area (Å²) in [5, 5.41) is 9.88. The lowest BCUT2D eigenvalue weighted by atomic mass is 10.0. The maximum Gasteiger partial charge on any atom is 0.160 e. The van der Waals surface area contributed by atoms with Crippen LogP contribution >= 0.6 is 0 Å². The first-order valence-corrected chi connectivity index (χ1v) is 25.6. The van der Waals surface area contributed by atoms with Crippen LogP contribution in [0, 0.1) is 0 Å².